The van der Waals surface area contributed by atoms with E-state index in [4.69, 9.17) is 9.84 Å². The van der Waals surface area contributed by atoms with Gasteiger partial charge in [0.1, 0.15) is 5.75 Å². The highest BCUT2D eigenvalue weighted by Gasteiger charge is 2.12. The molecule has 0 saturated carbocycles. The molecule has 0 radical (unpaired) electrons. The SMILES string of the molecule is COc1ccc2cc(-c3nn(-c4ccccc4)cc3CO)ccc2c1. The molecular formula is C21H18N2O2. The average molecular weight is 330 g/mol. The summed E-state index contributed by atoms with van der Waals surface area (Å²) < 4.78 is 7.08. The molecule has 4 heteroatoms. The maximum atomic E-state index is 9.75. The predicted molar refractivity (Wildman–Crippen MR) is 99.0 cm³/mol. The number of rotatable bonds is 4. The molecule has 3 aromatic carbocycles. The molecule has 0 fully saturated rings. The number of aliphatic hydroxyl groups is 1. The Morgan fingerprint density at radius 1 is 0.960 bits per heavy atom. The van der Waals surface area contributed by atoms with Gasteiger partial charge in [-0.25, -0.2) is 4.68 Å². The van der Waals surface area contributed by atoms with E-state index >= 15 is 0 Å². The third kappa shape index (κ3) is 2.88. The van der Waals surface area contributed by atoms with E-state index in [1.165, 1.54) is 0 Å². The molecule has 0 atom stereocenters. The zero-order valence-electron chi connectivity index (χ0n) is 13.9. The second-order valence-electron chi connectivity index (χ2n) is 5.87. The van der Waals surface area contributed by atoms with E-state index in [9.17, 15) is 5.11 Å². The lowest BCUT2D eigenvalue weighted by atomic mass is 10.0. The fourth-order valence-corrected chi connectivity index (χ4v) is 2.98. The maximum Gasteiger partial charge on any atom is 0.119 e. The summed E-state index contributed by atoms with van der Waals surface area (Å²) in [6.45, 7) is -0.0528. The highest BCUT2D eigenvalue weighted by atomic mass is 16.5. The summed E-state index contributed by atoms with van der Waals surface area (Å²) in [5, 5.41) is 16.7. The number of methoxy groups -OCH3 is 1. The smallest absolute Gasteiger partial charge is 0.119 e. The van der Waals surface area contributed by atoms with Gasteiger partial charge in [0.25, 0.3) is 0 Å². The van der Waals surface area contributed by atoms with Gasteiger partial charge in [0.15, 0.2) is 0 Å². The van der Waals surface area contributed by atoms with Gasteiger partial charge < -0.3 is 9.84 Å². The van der Waals surface area contributed by atoms with Crippen LogP contribution in [-0.4, -0.2) is 22.0 Å². The lowest BCUT2D eigenvalue weighted by molar-refractivity contribution is 0.282. The minimum atomic E-state index is -0.0528. The van der Waals surface area contributed by atoms with E-state index < -0.39 is 0 Å². The third-order valence-corrected chi connectivity index (χ3v) is 4.30. The van der Waals surface area contributed by atoms with Crippen LogP contribution in [0.2, 0.25) is 0 Å². The van der Waals surface area contributed by atoms with E-state index in [-0.39, 0.29) is 6.61 Å². The molecule has 1 aromatic heterocycles. The van der Waals surface area contributed by atoms with Crippen molar-refractivity contribution < 1.29 is 9.84 Å². The highest BCUT2D eigenvalue weighted by Crippen LogP contribution is 2.29. The molecule has 0 unspecified atom stereocenters. The van der Waals surface area contributed by atoms with Gasteiger partial charge in [-0.2, -0.15) is 5.10 Å². The Kier molecular flexibility index (Phi) is 3.96. The maximum absolute atomic E-state index is 9.75. The number of hydrogen-bond acceptors (Lipinski definition) is 3. The van der Waals surface area contributed by atoms with Crippen LogP contribution in [0.25, 0.3) is 27.7 Å². The van der Waals surface area contributed by atoms with Crippen molar-refractivity contribution >= 4 is 10.8 Å². The minimum Gasteiger partial charge on any atom is -0.497 e. The predicted octanol–water partition coefficient (Wildman–Crippen LogP) is 4.19. The molecule has 0 aliphatic carbocycles. The van der Waals surface area contributed by atoms with Crippen LogP contribution in [0.1, 0.15) is 5.56 Å². The summed E-state index contributed by atoms with van der Waals surface area (Å²) in [4.78, 5) is 0. The number of para-hydroxylation sites is 1. The molecular weight excluding hydrogens is 312 g/mol. The molecule has 0 aliphatic heterocycles. The average Bonchev–Trinajstić information content (AvgIpc) is 3.12. The minimum absolute atomic E-state index is 0.0528. The van der Waals surface area contributed by atoms with E-state index in [1.807, 2.05) is 60.8 Å². The van der Waals surface area contributed by atoms with Crippen molar-refractivity contribution in [3.63, 3.8) is 0 Å². The number of aliphatic hydroxyl groups excluding tert-OH is 1. The number of ether oxygens (including phenoxy) is 1. The quantitative estimate of drug-likeness (QED) is 0.610. The third-order valence-electron chi connectivity index (χ3n) is 4.30. The summed E-state index contributed by atoms with van der Waals surface area (Å²) in [5.74, 6) is 0.838. The van der Waals surface area contributed by atoms with Crippen molar-refractivity contribution in [1.82, 2.24) is 9.78 Å². The van der Waals surface area contributed by atoms with E-state index in [2.05, 4.69) is 12.1 Å². The first kappa shape index (κ1) is 15.4. The summed E-state index contributed by atoms with van der Waals surface area (Å²) >= 11 is 0. The summed E-state index contributed by atoms with van der Waals surface area (Å²) in [5.41, 5.74) is 3.55. The molecule has 0 saturated heterocycles. The van der Waals surface area contributed by atoms with E-state index in [1.54, 1.807) is 11.8 Å². The van der Waals surface area contributed by atoms with Gasteiger partial charge >= 0.3 is 0 Å². The molecule has 0 spiro atoms. The second-order valence-corrected chi connectivity index (χ2v) is 5.87. The molecule has 1 N–H and O–H groups in total. The van der Waals surface area contributed by atoms with Gasteiger partial charge in [-0.15, -0.1) is 0 Å². The number of fused-ring (bicyclic) bond motifs is 1. The first-order valence-corrected chi connectivity index (χ1v) is 8.11. The normalized spacial score (nSPS) is 11.0. The summed E-state index contributed by atoms with van der Waals surface area (Å²) in [6.07, 6.45) is 1.88. The highest BCUT2D eigenvalue weighted by molar-refractivity contribution is 5.88. The number of benzene rings is 3. The van der Waals surface area contributed by atoms with Gasteiger partial charge in [-0.05, 0) is 41.1 Å². The van der Waals surface area contributed by atoms with Gasteiger partial charge in [0.05, 0.1) is 25.1 Å². The Morgan fingerprint density at radius 3 is 2.48 bits per heavy atom. The molecule has 1 heterocycles. The molecule has 4 aromatic rings. The molecule has 4 rings (SSSR count). The Hall–Kier alpha value is -3.11. The molecule has 124 valence electrons. The van der Waals surface area contributed by atoms with Crippen molar-refractivity contribution in [3.8, 4) is 22.7 Å². The van der Waals surface area contributed by atoms with Crippen molar-refractivity contribution in [2.75, 3.05) is 7.11 Å². The number of hydrogen-bond donors (Lipinski definition) is 1. The standard InChI is InChI=1S/C21H18N2O2/c1-25-20-10-9-15-11-17(8-7-16(15)12-20)21-18(14-24)13-23(22-21)19-5-3-2-4-6-19/h2-13,24H,14H2,1H3. The number of nitrogens with zero attached hydrogens (tertiary/aromatic N) is 2. The van der Waals surface area contributed by atoms with Crippen molar-refractivity contribution in [1.29, 1.82) is 0 Å². The Labute approximate surface area is 145 Å². The monoisotopic (exact) mass is 330 g/mol. The molecule has 25 heavy (non-hydrogen) atoms. The van der Waals surface area contributed by atoms with Crippen LogP contribution in [-0.2, 0) is 6.61 Å². The van der Waals surface area contributed by atoms with Gasteiger partial charge in [0.2, 0.25) is 0 Å². The van der Waals surface area contributed by atoms with Crippen LogP contribution >= 0.6 is 0 Å². The summed E-state index contributed by atoms with van der Waals surface area (Å²) in [6, 6.07) is 22.0. The van der Waals surface area contributed by atoms with E-state index in [0.29, 0.717) is 0 Å². The zero-order chi connectivity index (χ0) is 17.2. The summed E-state index contributed by atoms with van der Waals surface area (Å²) in [7, 11) is 1.67. The zero-order valence-corrected chi connectivity index (χ0v) is 13.9. The van der Waals surface area contributed by atoms with Crippen molar-refractivity contribution in [2.24, 2.45) is 0 Å². The van der Waals surface area contributed by atoms with Gasteiger partial charge in [0, 0.05) is 17.3 Å². The van der Waals surface area contributed by atoms with Crippen LogP contribution in [0.3, 0.4) is 0 Å². The fourth-order valence-electron chi connectivity index (χ4n) is 2.98. The van der Waals surface area contributed by atoms with Gasteiger partial charge in [-0.1, -0.05) is 36.4 Å². The first-order valence-electron chi connectivity index (χ1n) is 8.11. The second kappa shape index (κ2) is 6.42. The molecule has 0 amide bonds. The fraction of sp³-hybridized carbons (Fsp3) is 0.0952. The largest absolute Gasteiger partial charge is 0.497 e. The van der Waals surface area contributed by atoms with Crippen LogP contribution < -0.4 is 4.74 Å². The van der Waals surface area contributed by atoms with Crippen LogP contribution in [0.15, 0.2) is 72.9 Å². The first-order chi connectivity index (χ1) is 12.3. The lowest BCUT2D eigenvalue weighted by Crippen LogP contribution is -1.94. The lowest BCUT2D eigenvalue weighted by Gasteiger charge is -2.05. The van der Waals surface area contributed by atoms with Crippen molar-refractivity contribution in [3.05, 3.63) is 78.5 Å². The topological polar surface area (TPSA) is 47.3 Å². The Balaban J connectivity index is 1.81. The molecule has 0 aliphatic rings. The van der Waals surface area contributed by atoms with E-state index in [0.717, 1.165) is 39.0 Å². The van der Waals surface area contributed by atoms with Gasteiger partial charge in [-0.3, -0.25) is 0 Å². The Bertz CT molecular complexity index is 1020. The van der Waals surface area contributed by atoms with Crippen molar-refractivity contribution in [2.45, 2.75) is 6.61 Å². The van der Waals surface area contributed by atoms with Crippen LogP contribution in [0, 0.1) is 0 Å². The number of aromatic nitrogens is 2. The Morgan fingerprint density at radius 2 is 1.72 bits per heavy atom. The van der Waals surface area contributed by atoms with Crippen LogP contribution in [0.4, 0.5) is 0 Å². The molecule has 4 nitrogen and oxygen atoms in total. The van der Waals surface area contributed by atoms with Crippen LogP contribution in [0.5, 0.6) is 5.75 Å². The molecule has 0 bridgehead atoms.